The zero-order valence-corrected chi connectivity index (χ0v) is 15.9. The number of benzene rings is 1. The second kappa shape index (κ2) is 8.01. The summed E-state index contributed by atoms with van der Waals surface area (Å²) in [6, 6.07) is 4.47. The van der Waals surface area contributed by atoms with Crippen LogP contribution in [-0.2, 0) is 14.8 Å². The Balaban J connectivity index is 1.91. The SMILES string of the molecule is CC(C(=O)Nc1cc(Cl)ccc1Cl)N1CCC(NS(C)(=O)=O)CC1. The summed E-state index contributed by atoms with van der Waals surface area (Å²) in [6.07, 6.45) is 2.50. The number of sulfonamides is 1. The maximum atomic E-state index is 12.4. The fourth-order valence-corrected chi connectivity index (χ4v) is 3.88. The number of nitrogens with zero attached hydrogens (tertiary/aromatic N) is 1. The second-order valence-electron chi connectivity index (χ2n) is 5.99. The van der Waals surface area contributed by atoms with Gasteiger partial charge in [-0.25, -0.2) is 13.1 Å². The third-order valence-corrected chi connectivity index (χ3v) is 5.35. The Morgan fingerprint density at radius 1 is 1.29 bits per heavy atom. The minimum absolute atomic E-state index is 0.0751. The van der Waals surface area contributed by atoms with E-state index < -0.39 is 10.0 Å². The third kappa shape index (κ3) is 5.60. The van der Waals surface area contributed by atoms with Gasteiger partial charge in [0.05, 0.1) is 23.0 Å². The van der Waals surface area contributed by atoms with Crippen LogP contribution in [0, 0.1) is 0 Å². The molecule has 1 heterocycles. The minimum atomic E-state index is -3.20. The van der Waals surface area contributed by atoms with Crippen LogP contribution in [0.4, 0.5) is 5.69 Å². The Bertz CT molecular complexity index is 704. The number of anilines is 1. The van der Waals surface area contributed by atoms with Crippen molar-refractivity contribution >= 4 is 44.8 Å². The Hall–Kier alpha value is -0.860. The third-order valence-electron chi connectivity index (χ3n) is 4.02. The first-order valence-corrected chi connectivity index (χ1v) is 10.3. The molecule has 134 valence electrons. The van der Waals surface area contributed by atoms with Crippen LogP contribution in [0.1, 0.15) is 19.8 Å². The molecule has 1 aromatic carbocycles. The van der Waals surface area contributed by atoms with Gasteiger partial charge in [-0.15, -0.1) is 0 Å². The largest absolute Gasteiger partial charge is 0.323 e. The number of amides is 1. The van der Waals surface area contributed by atoms with Crippen LogP contribution in [0.5, 0.6) is 0 Å². The summed E-state index contributed by atoms with van der Waals surface area (Å²) in [7, 11) is -3.20. The first-order valence-electron chi connectivity index (χ1n) is 7.63. The van der Waals surface area contributed by atoms with E-state index in [4.69, 9.17) is 23.2 Å². The molecule has 0 bridgehead atoms. The molecule has 0 aliphatic carbocycles. The van der Waals surface area contributed by atoms with Crippen molar-refractivity contribution in [1.29, 1.82) is 0 Å². The molecule has 0 radical (unpaired) electrons. The minimum Gasteiger partial charge on any atom is -0.323 e. The lowest BCUT2D eigenvalue weighted by molar-refractivity contribution is -0.121. The molecule has 1 aliphatic rings. The summed E-state index contributed by atoms with van der Waals surface area (Å²) in [6.45, 7) is 3.11. The number of hydrogen-bond donors (Lipinski definition) is 2. The topological polar surface area (TPSA) is 78.5 Å². The molecule has 0 aromatic heterocycles. The molecule has 1 aliphatic heterocycles. The molecule has 0 saturated carbocycles. The molecular formula is C15H21Cl2N3O3S. The molecule has 9 heteroatoms. The Kier molecular flexibility index (Phi) is 6.50. The Morgan fingerprint density at radius 3 is 2.50 bits per heavy atom. The van der Waals surface area contributed by atoms with Crippen LogP contribution in [0.25, 0.3) is 0 Å². The van der Waals surface area contributed by atoms with Crippen molar-refractivity contribution in [2.75, 3.05) is 24.7 Å². The van der Waals surface area contributed by atoms with E-state index in [2.05, 4.69) is 10.0 Å². The highest BCUT2D eigenvalue weighted by atomic mass is 35.5. The quantitative estimate of drug-likeness (QED) is 0.804. The maximum absolute atomic E-state index is 12.4. The Labute approximate surface area is 152 Å². The molecule has 2 rings (SSSR count). The first kappa shape index (κ1) is 19.5. The zero-order chi connectivity index (χ0) is 17.9. The normalized spacial score (nSPS) is 18.3. The molecule has 24 heavy (non-hydrogen) atoms. The lowest BCUT2D eigenvalue weighted by atomic mass is 10.0. The van der Waals surface area contributed by atoms with Gasteiger partial charge in [0, 0.05) is 24.2 Å². The maximum Gasteiger partial charge on any atom is 0.241 e. The molecule has 6 nitrogen and oxygen atoms in total. The van der Waals surface area contributed by atoms with E-state index in [1.165, 1.54) is 0 Å². The van der Waals surface area contributed by atoms with Crippen molar-refractivity contribution in [3.63, 3.8) is 0 Å². The van der Waals surface area contributed by atoms with Gasteiger partial charge in [-0.2, -0.15) is 0 Å². The summed E-state index contributed by atoms with van der Waals surface area (Å²) < 4.78 is 25.2. The fourth-order valence-electron chi connectivity index (χ4n) is 2.70. The first-order chi connectivity index (χ1) is 11.2. The molecule has 1 aromatic rings. The lowest BCUT2D eigenvalue weighted by Crippen LogP contribution is -2.50. The molecule has 1 amide bonds. The van der Waals surface area contributed by atoms with Crippen LogP contribution in [0.3, 0.4) is 0 Å². The van der Waals surface area contributed by atoms with Gasteiger partial charge in [-0.3, -0.25) is 9.69 Å². The van der Waals surface area contributed by atoms with Crippen molar-refractivity contribution in [3.8, 4) is 0 Å². The number of likely N-dealkylation sites (tertiary alicyclic amines) is 1. The highest BCUT2D eigenvalue weighted by Crippen LogP contribution is 2.26. The summed E-state index contributed by atoms with van der Waals surface area (Å²) in [5, 5.41) is 3.71. The average molecular weight is 394 g/mol. The van der Waals surface area contributed by atoms with Gasteiger partial charge in [0.1, 0.15) is 0 Å². The highest BCUT2D eigenvalue weighted by Gasteiger charge is 2.28. The van der Waals surface area contributed by atoms with E-state index in [1.807, 2.05) is 11.8 Å². The fraction of sp³-hybridized carbons (Fsp3) is 0.533. The number of piperidine rings is 1. The van der Waals surface area contributed by atoms with Gasteiger partial charge in [0.25, 0.3) is 0 Å². The van der Waals surface area contributed by atoms with Gasteiger partial charge in [-0.1, -0.05) is 23.2 Å². The Morgan fingerprint density at radius 2 is 1.92 bits per heavy atom. The van der Waals surface area contributed by atoms with Crippen LogP contribution in [0.2, 0.25) is 10.0 Å². The number of carbonyl (C=O) groups is 1. The van der Waals surface area contributed by atoms with Gasteiger partial charge >= 0.3 is 0 Å². The monoisotopic (exact) mass is 393 g/mol. The van der Waals surface area contributed by atoms with Crippen LogP contribution in [-0.4, -0.2) is 50.7 Å². The highest BCUT2D eigenvalue weighted by molar-refractivity contribution is 7.88. The van der Waals surface area contributed by atoms with E-state index in [0.29, 0.717) is 41.7 Å². The molecule has 1 atom stereocenters. The van der Waals surface area contributed by atoms with Gasteiger partial charge in [-0.05, 0) is 38.0 Å². The number of rotatable bonds is 5. The van der Waals surface area contributed by atoms with Crippen molar-refractivity contribution in [1.82, 2.24) is 9.62 Å². The number of nitrogens with one attached hydrogen (secondary N) is 2. The molecular weight excluding hydrogens is 373 g/mol. The molecule has 1 fully saturated rings. The smallest absolute Gasteiger partial charge is 0.241 e. The number of carbonyl (C=O) groups excluding carboxylic acids is 1. The van der Waals surface area contributed by atoms with E-state index >= 15 is 0 Å². The van der Waals surface area contributed by atoms with E-state index in [1.54, 1.807) is 18.2 Å². The molecule has 1 unspecified atom stereocenters. The lowest BCUT2D eigenvalue weighted by Gasteiger charge is -2.35. The summed E-state index contributed by atoms with van der Waals surface area (Å²) in [4.78, 5) is 14.4. The van der Waals surface area contributed by atoms with Crippen molar-refractivity contribution in [2.45, 2.75) is 31.8 Å². The number of halogens is 2. The van der Waals surface area contributed by atoms with E-state index in [9.17, 15) is 13.2 Å². The summed E-state index contributed by atoms with van der Waals surface area (Å²) >= 11 is 12.0. The average Bonchev–Trinajstić information content (AvgIpc) is 2.49. The standard InChI is InChI=1S/C15H21Cl2N3O3S/c1-10(15(21)18-14-9-11(16)3-4-13(14)17)20-7-5-12(6-8-20)19-24(2,22)23/h3-4,9-10,12,19H,5-8H2,1-2H3,(H,18,21). The zero-order valence-electron chi connectivity index (χ0n) is 13.6. The number of hydrogen-bond acceptors (Lipinski definition) is 4. The van der Waals surface area contributed by atoms with E-state index in [0.717, 1.165) is 6.26 Å². The van der Waals surface area contributed by atoms with Gasteiger partial charge < -0.3 is 5.32 Å². The van der Waals surface area contributed by atoms with Crippen LogP contribution in [0.15, 0.2) is 18.2 Å². The van der Waals surface area contributed by atoms with E-state index in [-0.39, 0.29) is 18.0 Å². The summed E-state index contributed by atoms with van der Waals surface area (Å²) in [5.41, 5.74) is 0.481. The van der Waals surface area contributed by atoms with Crippen LogP contribution >= 0.6 is 23.2 Å². The molecule has 0 spiro atoms. The summed E-state index contributed by atoms with van der Waals surface area (Å²) in [5.74, 6) is -0.173. The molecule has 2 N–H and O–H groups in total. The second-order valence-corrected chi connectivity index (χ2v) is 8.61. The predicted molar refractivity (Wildman–Crippen MR) is 97.1 cm³/mol. The van der Waals surface area contributed by atoms with Gasteiger partial charge in [0.2, 0.25) is 15.9 Å². The van der Waals surface area contributed by atoms with Crippen molar-refractivity contribution < 1.29 is 13.2 Å². The van der Waals surface area contributed by atoms with Crippen molar-refractivity contribution in [3.05, 3.63) is 28.2 Å². The van der Waals surface area contributed by atoms with Crippen LogP contribution < -0.4 is 10.0 Å². The predicted octanol–water partition coefficient (Wildman–Crippen LogP) is 2.33. The van der Waals surface area contributed by atoms with Crippen molar-refractivity contribution in [2.24, 2.45) is 0 Å². The van der Waals surface area contributed by atoms with Gasteiger partial charge in [0.15, 0.2) is 0 Å². The molecule has 1 saturated heterocycles.